The Morgan fingerprint density at radius 1 is 1.19 bits per heavy atom. The molecule has 5 heteroatoms. The summed E-state index contributed by atoms with van der Waals surface area (Å²) < 4.78 is 0. The minimum absolute atomic E-state index is 0.728. The van der Waals surface area contributed by atoms with Gasteiger partial charge < -0.3 is 4.90 Å². The maximum absolute atomic E-state index is 4.42. The summed E-state index contributed by atoms with van der Waals surface area (Å²) in [6.45, 7) is 2.95. The van der Waals surface area contributed by atoms with Crippen LogP contribution in [-0.4, -0.2) is 41.1 Å². The fourth-order valence-corrected chi connectivity index (χ4v) is 3.58. The predicted octanol–water partition coefficient (Wildman–Crippen LogP) is 3.04. The summed E-state index contributed by atoms with van der Waals surface area (Å²) in [5.41, 5.74) is 3.89. The van der Waals surface area contributed by atoms with E-state index in [9.17, 15) is 0 Å². The van der Waals surface area contributed by atoms with E-state index < -0.39 is 0 Å². The first kappa shape index (κ1) is 14.8. The molecule has 0 aromatic carbocycles. The number of H-pyrrole nitrogens is 1. The van der Waals surface area contributed by atoms with Crippen molar-refractivity contribution in [3.05, 3.63) is 39.3 Å². The summed E-state index contributed by atoms with van der Waals surface area (Å²) in [7, 11) is 6.39. The van der Waals surface area contributed by atoms with E-state index in [1.54, 1.807) is 0 Å². The molecule has 0 radical (unpaired) electrons. The molecule has 0 saturated heterocycles. The van der Waals surface area contributed by atoms with E-state index >= 15 is 0 Å². The third-order valence-electron chi connectivity index (χ3n) is 3.72. The average molecular weight is 304 g/mol. The molecule has 1 saturated carbocycles. The van der Waals surface area contributed by atoms with Crippen LogP contribution < -0.4 is 0 Å². The van der Waals surface area contributed by atoms with Crippen molar-refractivity contribution in [1.29, 1.82) is 0 Å². The quantitative estimate of drug-likeness (QED) is 0.854. The van der Waals surface area contributed by atoms with Crippen LogP contribution in [0, 0.1) is 0 Å². The standard InChI is InChI=1S/C16H24N4S/c1-19(2)8-12-6-15(21-11-12)10-20(3)9-14-7-16(18-17-14)13-4-5-13/h6-7,11,13H,4-5,8-10H2,1-3H3,(H,17,18). The average Bonchev–Trinajstić information content (AvgIpc) is 3.02. The topological polar surface area (TPSA) is 35.2 Å². The molecule has 1 aliphatic carbocycles. The lowest BCUT2D eigenvalue weighted by Crippen LogP contribution is -2.16. The van der Waals surface area contributed by atoms with Gasteiger partial charge in [-0.05, 0) is 57.1 Å². The summed E-state index contributed by atoms with van der Waals surface area (Å²) in [6.07, 6.45) is 2.62. The third kappa shape index (κ3) is 4.15. The Morgan fingerprint density at radius 2 is 2.00 bits per heavy atom. The zero-order chi connectivity index (χ0) is 14.8. The molecule has 2 aromatic heterocycles. The van der Waals surface area contributed by atoms with Gasteiger partial charge in [0.2, 0.25) is 0 Å². The zero-order valence-corrected chi connectivity index (χ0v) is 13.9. The summed E-state index contributed by atoms with van der Waals surface area (Å²) in [6, 6.07) is 4.56. The van der Waals surface area contributed by atoms with Gasteiger partial charge in [0.15, 0.2) is 0 Å². The van der Waals surface area contributed by atoms with E-state index in [0.717, 1.165) is 25.6 Å². The fourth-order valence-electron chi connectivity index (χ4n) is 2.62. The van der Waals surface area contributed by atoms with Crippen LogP contribution in [0.4, 0.5) is 0 Å². The van der Waals surface area contributed by atoms with E-state index in [1.807, 2.05) is 11.3 Å². The van der Waals surface area contributed by atoms with Crippen LogP contribution in [0.5, 0.6) is 0 Å². The maximum Gasteiger partial charge on any atom is 0.0656 e. The van der Waals surface area contributed by atoms with Gasteiger partial charge in [-0.2, -0.15) is 5.10 Å². The number of thiophene rings is 1. The second-order valence-electron chi connectivity index (χ2n) is 6.42. The largest absolute Gasteiger partial charge is 0.305 e. The highest BCUT2D eigenvalue weighted by atomic mass is 32.1. The molecular weight excluding hydrogens is 280 g/mol. The van der Waals surface area contributed by atoms with Gasteiger partial charge in [-0.1, -0.05) is 0 Å². The lowest BCUT2D eigenvalue weighted by atomic mass is 10.2. The molecule has 4 nitrogen and oxygen atoms in total. The maximum atomic E-state index is 4.42. The Bertz CT molecular complexity index is 583. The first-order valence-corrected chi connectivity index (χ1v) is 8.42. The molecule has 1 N–H and O–H groups in total. The molecule has 2 heterocycles. The van der Waals surface area contributed by atoms with Crippen molar-refractivity contribution in [3.63, 3.8) is 0 Å². The Kier molecular flexibility index (Phi) is 4.42. The lowest BCUT2D eigenvalue weighted by Gasteiger charge is -2.14. The van der Waals surface area contributed by atoms with E-state index in [2.05, 4.69) is 58.7 Å². The summed E-state index contributed by atoms with van der Waals surface area (Å²) in [4.78, 5) is 5.98. The van der Waals surface area contributed by atoms with Crippen molar-refractivity contribution in [3.8, 4) is 0 Å². The van der Waals surface area contributed by atoms with Crippen molar-refractivity contribution in [2.75, 3.05) is 21.1 Å². The first-order chi connectivity index (χ1) is 10.1. The molecule has 3 rings (SSSR count). The predicted molar refractivity (Wildman–Crippen MR) is 87.4 cm³/mol. The van der Waals surface area contributed by atoms with Crippen LogP contribution >= 0.6 is 11.3 Å². The molecule has 0 atom stereocenters. The molecule has 0 bridgehead atoms. The van der Waals surface area contributed by atoms with Crippen molar-refractivity contribution in [1.82, 2.24) is 20.0 Å². The van der Waals surface area contributed by atoms with Gasteiger partial charge in [-0.3, -0.25) is 10.00 Å². The zero-order valence-electron chi connectivity index (χ0n) is 13.1. The van der Waals surface area contributed by atoms with Crippen LogP contribution in [0.25, 0.3) is 0 Å². The molecule has 1 fully saturated rings. The molecule has 114 valence electrons. The second-order valence-corrected chi connectivity index (χ2v) is 7.42. The summed E-state index contributed by atoms with van der Waals surface area (Å²) in [5, 5.41) is 9.87. The Hall–Kier alpha value is -1.17. The monoisotopic (exact) mass is 304 g/mol. The molecule has 0 amide bonds. The number of hydrogen-bond donors (Lipinski definition) is 1. The van der Waals surface area contributed by atoms with Crippen LogP contribution in [0.15, 0.2) is 17.5 Å². The lowest BCUT2D eigenvalue weighted by molar-refractivity contribution is 0.317. The van der Waals surface area contributed by atoms with Crippen molar-refractivity contribution in [2.24, 2.45) is 0 Å². The molecule has 0 spiro atoms. The van der Waals surface area contributed by atoms with Gasteiger partial charge in [0.05, 0.1) is 5.69 Å². The molecular formula is C16H24N4S. The van der Waals surface area contributed by atoms with Gasteiger partial charge in [-0.25, -0.2) is 0 Å². The number of aromatic amines is 1. The summed E-state index contributed by atoms with van der Waals surface area (Å²) >= 11 is 1.86. The number of nitrogens with zero attached hydrogens (tertiary/aromatic N) is 3. The van der Waals surface area contributed by atoms with Gasteiger partial charge >= 0.3 is 0 Å². The molecule has 2 aromatic rings. The van der Waals surface area contributed by atoms with Gasteiger partial charge in [0, 0.05) is 36.1 Å². The smallest absolute Gasteiger partial charge is 0.0656 e. The van der Waals surface area contributed by atoms with Crippen LogP contribution in [0.2, 0.25) is 0 Å². The molecule has 21 heavy (non-hydrogen) atoms. The van der Waals surface area contributed by atoms with Crippen LogP contribution in [0.3, 0.4) is 0 Å². The minimum atomic E-state index is 0.728. The Morgan fingerprint density at radius 3 is 2.71 bits per heavy atom. The van der Waals surface area contributed by atoms with Crippen LogP contribution in [-0.2, 0) is 19.6 Å². The minimum Gasteiger partial charge on any atom is -0.305 e. The fraction of sp³-hybridized carbons (Fsp3) is 0.562. The molecule has 1 aliphatic rings. The van der Waals surface area contributed by atoms with Crippen molar-refractivity contribution in [2.45, 2.75) is 38.4 Å². The third-order valence-corrected chi connectivity index (χ3v) is 4.69. The van der Waals surface area contributed by atoms with E-state index in [1.165, 1.54) is 34.7 Å². The van der Waals surface area contributed by atoms with Crippen molar-refractivity contribution >= 4 is 11.3 Å². The number of hydrogen-bond acceptors (Lipinski definition) is 4. The Labute approximate surface area is 130 Å². The first-order valence-electron chi connectivity index (χ1n) is 7.54. The van der Waals surface area contributed by atoms with E-state index in [-0.39, 0.29) is 0 Å². The van der Waals surface area contributed by atoms with Gasteiger partial charge in [0.1, 0.15) is 0 Å². The molecule has 0 unspecified atom stereocenters. The Balaban J connectivity index is 1.52. The highest BCUT2D eigenvalue weighted by Gasteiger charge is 2.26. The number of aromatic nitrogens is 2. The highest BCUT2D eigenvalue weighted by molar-refractivity contribution is 7.10. The van der Waals surface area contributed by atoms with Crippen molar-refractivity contribution < 1.29 is 0 Å². The van der Waals surface area contributed by atoms with E-state index in [4.69, 9.17) is 0 Å². The normalized spacial score (nSPS) is 15.3. The number of rotatable bonds is 7. The highest BCUT2D eigenvalue weighted by Crippen LogP contribution is 2.39. The summed E-state index contributed by atoms with van der Waals surface area (Å²) in [5.74, 6) is 0.728. The van der Waals surface area contributed by atoms with E-state index in [0.29, 0.717) is 0 Å². The van der Waals surface area contributed by atoms with Gasteiger partial charge in [0.25, 0.3) is 0 Å². The SMILES string of the molecule is CN(C)Cc1csc(CN(C)Cc2cc(C3CC3)n[nH]2)c1. The molecule has 0 aliphatic heterocycles. The number of nitrogens with one attached hydrogen (secondary N) is 1. The van der Waals surface area contributed by atoms with Gasteiger partial charge in [-0.15, -0.1) is 11.3 Å². The second kappa shape index (κ2) is 6.30. The van der Waals surface area contributed by atoms with Crippen LogP contribution in [0.1, 0.15) is 40.6 Å².